The zero-order valence-electron chi connectivity index (χ0n) is 13.9. The molecule has 2 N–H and O–H groups in total. The summed E-state index contributed by atoms with van der Waals surface area (Å²) in [5.41, 5.74) is -0.613. The smallest absolute Gasteiger partial charge is 0.309 e. The van der Waals surface area contributed by atoms with E-state index in [1.807, 2.05) is 6.92 Å². The summed E-state index contributed by atoms with van der Waals surface area (Å²) in [5.74, 6) is -0.930. The molecule has 0 aliphatic carbocycles. The molecule has 0 spiro atoms. The van der Waals surface area contributed by atoms with E-state index in [0.29, 0.717) is 5.92 Å². The lowest BCUT2D eigenvalue weighted by molar-refractivity contribution is -0.149. The van der Waals surface area contributed by atoms with Crippen LogP contribution >= 0.6 is 0 Å². The van der Waals surface area contributed by atoms with Gasteiger partial charge in [-0.25, -0.2) is 0 Å². The summed E-state index contributed by atoms with van der Waals surface area (Å²) in [5, 5.41) is 18.1. The van der Waals surface area contributed by atoms with E-state index >= 15 is 0 Å². The van der Waals surface area contributed by atoms with Gasteiger partial charge >= 0.3 is 11.9 Å². The Labute approximate surface area is 128 Å². The Hall–Kier alpha value is -1.06. The lowest BCUT2D eigenvalue weighted by Gasteiger charge is -2.28. The fourth-order valence-corrected chi connectivity index (χ4v) is 2.83. The molecule has 0 fully saturated rings. The highest BCUT2D eigenvalue weighted by Gasteiger charge is 2.34. The van der Waals surface area contributed by atoms with Gasteiger partial charge in [0.25, 0.3) is 0 Å². The molecule has 0 amide bonds. The number of carboxylic acid groups (broad SMARTS) is 2. The number of hydrogen-bond acceptors (Lipinski definition) is 2. The van der Waals surface area contributed by atoms with Crippen molar-refractivity contribution in [3.63, 3.8) is 0 Å². The van der Waals surface area contributed by atoms with Gasteiger partial charge < -0.3 is 10.2 Å². The molecule has 1 atom stereocenters. The van der Waals surface area contributed by atoms with Crippen molar-refractivity contribution in [2.75, 3.05) is 0 Å². The minimum absolute atomic E-state index is 0.238. The number of aliphatic carboxylic acids is 2. The van der Waals surface area contributed by atoms with E-state index in [2.05, 4.69) is 13.8 Å². The van der Waals surface area contributed by atoms with Crippen LogP contribution < -0.4 is 0 Å². The van der Waals surface area contributed by atoms with Crippen LogP contribution in [0.15, 0.2) is 0 Å². The van der Waals surface area contributed by atoms with Gasteiger partial charge in [-0.15, -0.1) is 0 Å². The van der Waals surface area contributed by atoms with Gasteiger partial charge in [0.2, 0.25) is 0 Å². The summed E-state index contributed by atoms with van der Waals surface area (Å²) < 4.78 is 0. The van der Waals surface area contributed by atoms with Crippen LogP contribution in [0.3, 0.4) is 0 Å². The first-order chi connectivity index (χ1) is 9.85. The molecule has 4 nitrogen and oxygen atoms in total. The lowest BCUT2D eigenvalue weighted by Crippen LogP contribution is -2.30. The molecule has 0 heterocycles. The highest BCUT2D eigenvalue weighted by Crippen LogP contribution is 2.35. The third-order valence-corrected chi connectivity index (χ3v) is 4.53. The predicted molar refractivity (Wildman–Crippen MR) is 84.4 cm³/mol. The Morgan fingerprint density at radius 3 is 1.95 bits per heavy atom. The molecule has 0 saturated carbocycles. The van der Waals surface area contributed by atoms with Gasteiger partial charge in [0.1, 0.15) is 0 Å². The highest BCUT2D eigenvalue weighted by atomic mass is 16.4. The van der Waals surface area contributed by atoms with Crippen molar-refractivity contribution in [1.82, 2.24) is 0 Å². The summed E-state index contributed by atoms with van der Waals surface area (Å²) in [7, 11) is 0. The summed E-state index contributed by atoms with van der Waals surface area (Å²) >= 11 is 0. The van der Waals surface area contributed by atoms with Gasteiger partial charge in [-0.1, -0.05) is 52.4 Å². The van der Waals surface area contributed by atoms with Crippen LogP contribution in [0.4, 0.5) is 0 Å². The van der Waals surface area contributed by atoms with Crippen molar-refractivity contribution in [2.45, 2.75) is 85.0 Å². The van der Waals surface area contributed by atoms with Crippen LogP contribution in [-0.4, -0.2) is 22.2 Å². The molecule has 21 heavy (non-hydrogen) atoms. The second-order valence-corrected chi connectivity index (χ2v) is 6.41. The van der Waals surface area contributed by atoms with Gasteiger partial charge in [0.05, 0.1) is 5.41 Å². The molecule has 124 valence electrons. The van der Waals surface area contributed by atoms with Gasteiger partial charge in [0, 0.05) is 6.42 Å². The number of unbranched alkanes of at least 4 members (excludes halogenated alkanes) is 4. The Morgan fingerprint density at radius 2 is 1.48 bits per heavy atom. The van der Waals surface area contributed by atoms with E-state index < -0.39 is 17.4 Å². The van der Waals surface area contributed by atoms with Crippen molar-refractivity contribution in [3.05, 3.63) is 0 Å². The van der Waals surface area contributed by atoms with Crippen molar-refractivity contribution in [2.24, 2.45) is 11.3 Å². The predicted octanol–water partition coefficient (Wildman–Crippen LogP) is 4.72. The molecule has 0 radical (unpaired) electrons. The monoisotopic (exact) mass is 300 g/mol. The van der Waals surface area contributed by atoms with E-state index in [0.717, 1.165) is 57.8 Å². The normalized spacial score (nSPS) is 14.1. The third kappa shape index (κ3) is 8.74. The molecular weight excluding hydrogens is 268 g/mol. The number of carboxylic acids is 2. The number of rotatable bonds is 13. The topological polar surface area (TPSA) is 74.6 Å². The molecule has 0 aliphatic heterocycles. The Bertz CT molecular complexity index is 310. The Kier molecular flexibility index (Phi) is 10.1. The minimum Gasteiger partial charge on any atom is -0.481 e. The zero-order valence-corrected chi connectivity index (χ0v) is 13.9. The Morgan fingerprint density at radius 1 is 0.952 bits per heavy atom. The molecule has 0 rings (SSSR count). The molecule has 0 aromatic rings. The largest absolute Gasteiger partial charge is 0.481 e. The fourth-order valence-electron chi connectivity index (χ4n) is 2.83. The van der Waals surface area contributed by atoms with Gasteiger partial charge in [-0.2, -0.15) is 0 Å². The molecule has 0 aliphatic rings. The number of hydrogen-bond donors (Lipinski definition) is 2. The molecule has 0 aromatic heterocycles. The van der Waals surface area contributed by atoms with Crippen LogP contribution in [0.1, 0.15) is 85.0 Å². The molecule has 1 unspecified atom stereocenters. The molecule has 0 bridgehead atoms. The summed E-state index contributed by atoms with van der Waals surface area (Å²) in [6, 6.07) is 0. The second kappa shape index (κ2) is 10.6. The van der Waals surface area contributed by atoms with Gasteiger partial charge in [-0.3, -0.25) is 9.59 Å². The van der Waals surface area contributed by atoms with E-state index in [9.17, 15) is 14.7 Å². The molecule has 4 heteroatoms. The summed E-state index contributed by atoms with van der Waals surface area (Å²) in [6.45, 7) is 6.12. The standard InChI is InChI=1S/C17H32O4/c1-4-14(5-2)13-17(3,16(20)21)12-10-8-6-7-9-11-15(18)19/h14H,4-13H2,1-3H3,(H,18,19)(H,20,21). The maximum atomic E-state index is 11.6. The molecule has 0 saturated heterocycles. The SMILES string of the molecule is CCC(CC)CC(C)(CCCCCCCC(=O)O)C(=O)O. The minimum atomic E-state index is -0.737. The van der Waals surface area contributed by atoms with E-state index in [4.69, 9.17) is 5.11 Å². The lowest BCUT2D eigenvalue weighted by atomic mass is 9.75. The second-order valence-electron chi connectivity index (χ2n) is 6.41. The maximum absolute atomic E-state index is 11.6. The van der Waals surface area contributed by atoms with E-state index in [1.165, 1.54) is 0 Å². The zero-order chi connectivity index (χ0) is 16.3. The first-order valence-electron chi connectivity index (χ1n) is 8.31. The first-order valence-corrected chi connectivity index (χ1v) is 8.31. The van der Waals surface area contributed by atoms with Gasteiger partial charge in [-0.05, 0) is 32.1 Å². The maximum Gasteiger partial charge on any atom is 0.309 e. The van der Waals surface area contributed by atoms with Gasteiger partial charge in [0.15, 0.2) is 0 Å². The van der Waals surface area contributed by atoms with Crippen LogP contribution in [0.25, 0.3) is 0 Å². The number of carbonyl (C=O) groups is 2. The molecule has 0 aromatic carbocycles. The first kappa shape index (κ1) is 19.9. The average molecular weight is 300 g/mol. The van der Waals surface area contributed by atoms with Crippen LogP contribution in [0, 0.1) is 11.3 Å². The summed E-state index contributed by atoms with van der Waals surface area (Å²) in [4.78, 5) is 22.0. The van der Waals surface area contributed by atoms with Crippen LogP contribution in [0.5, 0.6) is 0 Å². The Balaban J connectivity index is 4.04. The highest BCUT2D eigenvalue weighted by molar-refractivity contribution is 5.74. The fraction of sp³-hybridized carbons (Fsp3) is 0.882. The van der Waals surface area contributed by atoms with Crippen molar-refractivity contribution < 1.29 is 19.8 Å². The summed E-state index contributed by atoms with van der Waals surface area (Å²) in [6.07, 6.45) is 8.33. The van der Waals surface area contributed by atoms with Crippen LogP contribution in [-0.2, 0) is 9.59 Å². The molecular formula is C17H32O4. The van der Waals surface area contributed by atoms with E-state index in [1.54, 1.807) is 0 Å². The van der Waals surface area contributed by atoms with Crippen LogP contribution in [0.2, 0.25) is 0 Å². The van der Waals surface area contributed by atoms with Crippen molar-refractivity contribution in [1.29, 1.82) is 0 Å². The van der Waals surface area contributed by atoms with E-state index in [-0.39, 0.29) is 6.42 Å². The van der Waals surface area contributed by atoms with Crippen molar-refractivity contribution in [3.8, 4) is 0 Å². The van der Waals surface area contributed by atoms with Crippen molar-refractivity contribution >= 4 is 11.9 Å². The quantitative estimate of drug-likeness (QED) is 0.483. The average Bonchev–Trinajstić information content (AvgIpc) is 2.43. The third-order valence-electron chi connectivity index (χ3n) is 4.53.